The zero-order chi connectivity index (χ0) is 19.0. The summed E-state index contributed by atoms with van der Waals surface area (Å²) in [6.07, 6.45) is 2.23. The molecule has 0 aromatic carbocycles. The number of fused-ring (bicyclic) bond motifs is 1. The highest BCUT2D eigenvalue weighted by atomic mass is 19.1. The van der Waals surface area contributed by atoms with E-state index in [-0.39, 0.29) is 11.9 Å². The lowest BCUT2D eigenvalue weighted by Gasteiger charge is -2.37. The Kier molecular flexibility index (Phi) is 5.00. The summed E-state index contributed by atoms with van der Waals surface area (Å²) in [7, 11) is 0. The van der Waals surface area contributed by atoms with Crippen LogP contribution in [0.3, 0.4) is 0 Å². The van der Waals surface area contributed by atoms with E-state index in [0.29, 0.717) is 36.5 Å². The first kappa shape index (κ1) is 18.2. The first-order valence-electron chi connectivity index (χ1n) is 9.66. The highest BCUT2D eigenvalue weighted by molar-refractivity contribution is 5.37. The molecule has 27 heavy (non-hydrogen) atoms. The summed E-state index contributed by atoms with van der Waals surface area (Å²) in [4.78, 5) is 11.2. The quantitative estimate of drug-likeness (QED) is 0.818. The highest BCUT2D eigenvalue weighted by Gasteiger charge is 2.29. The average Bonchev–Trinajstić information content (AvgIpc) is 2.66. The first-order valence-corrected chi connectivity index (χ1v) is 9.66. The molecule has 0 N–H and O–H groups in total. The van der Waals surface area contributed by atoms with Gasteiger partial charge in [0.25, 0.3) is 5.88 Å². The molecule has 2 aromatic heterocycles. The van der Waals surface area contributed by atoms with Crippen LogP contribution in [0.2, 0.25) is 0 Å². The number of hydrogen-bond acceptors (Lipinski definition) is 5. The van der Waals surface area contributed by atoms with E-state index in [1.54, 1.807) is 0 Å². The van der Waals surface area contributed by atoms with E-state index in [9.17, 15) is 4.39 Å². The van der Waals surface area contributed by atoms with Crippen molar-refractivity contribution < 1.29 is 13.9 Å². The summed E-state index contributed by atoms with van der Waals surface area (Å²) in [6, 6.07) is 5.64. The van der Waals surface area contributed by atoms with Crippen molar-refractivity contribution in [2.24, 2.45) is 0 Å². The van der Waals surface area contributed by atoms with Crippen molar-refractivity contribution in [3.05, 3.63) is 46.7 Å². The minimum atomic E-state index is -0.329. The molecule has 4 rings (SSSR count). The summed E-state index contributed by atoms with van der Waals surface area (Å²) in [6.45, 7) is 8.80. The zero-order valence-corrected chi connectivity index (χ0v) is 16.2. The number of aryl methyl sites for hydroxylation is 2. The number of pyridine rings is 2. The van der Waals surface area contributed by atoms with Gasteiger partial charge in [0, 0.05) is 24.0 Å². The molecule has 1 unspecified atom stereocenters. The van der Waals surface area contributed by atoms with Crippen molar-refractivity contribution in [1.82, 2.24) is 14.9 Å². The van der Waals surface area contributed by atoms with Crippen LogP contribution in [0, 0.1) is 19.7 Å². The van der Waals surface area contributed by atoms with Gasteiger partial charge < -0.3 is 9.47 Å². The van der Waals surface area contributed by atoms with Gasteiger partial charge in [0.2, 0.25) is 0 Å². The molecule has 0 aliphatic carbocycles. The van der Waals surface area contributed by atoms with Crippen molar-refractivity contribution in [1.29, 1.82) is 0 Å². The SMILES string of the molecule is Cc1cc([C@@H]2CCCN(C(C)c3nc4c(cc3F)OCCO4)C2)cc(C)n1. The number of nitrogens with zero attached hydrogens (tertiary/aromatic N) is 3. The lowest BCUT2D eigenvalue weighted by molar-refractivity contribution is 0.144. The lowest BCUT2D eigenvalue weighted by Crippen LogP contribution is -2.37. The molecule has 0 radical (unpaired) electrons. The Morgan fingerprint density at radius 3 is 2.63 bits per heavy atom. The van der Waals surface area contributed by atoms with Gasteiger partial charge in [0.15, 0.2) is 5.75 Å². The number of halogens is 1. The minimum Gasteiger partial charge on any atom is -0.484 e. The van der Waals surface area contributed by atoms with Gasteiger partial charge in [0.05, 0.1) is 11.7 Å². The Morgan fingerprint density at radius 2 is 1.85 bits per heavy atom. The minimum absolute atomic E-state index is 0.118. The van der Waals surface area contributed by atoms with Gasteiger partial charge in [-0.3, -0.25) is 9.88 Å². The third-order valence-corrected chi connectivity index (χ3v) is 5.49. The Labute approximate surface area is 159 Å². The second-order valence-electron chi connectivity index (χ2n) is 7.55. The van der Waals surface area contributed by atoms with Crippen molar-refractivity contribution in [2.45, 2.75) is 45.6 Å². The predicted octanol–water partition coefficient (Wildman–Crippen LogP) is 3.94. The topological polar surface area (TPSA) is 47.5 Å². The van der Waals surface area contributed by atoms with Gasteiger partial charge in [-0.05, 0) is 63.8 Å². The molecule has 2 aromatic rings. The van der Waals surface area contributed by atoms with Crippen LogP contribution in [0.4, 0.5) is 4.39 Å². The van der Waals surface area contributed by atoms with Gasteiger partial charge in [-0.1, -0.05) is 0 Å². The molecule has 144 valence electrons. The average molecular weight is 371 g/mol. The van der Waals surface area contributed by atoms with E-state index < -0.39 is 0 Å². The highest BCUT2D eigenvalue weighted by Crippen LogP contribution is 2.36. The number of ether oxygens (including phenoxy) is 2. The van der Waals surface area contributed by atoms with Gasteiger partial charge in [-0.25, -0.2) is 9.37 Å². The van der Waals surface area contributed by atoms with Crippen LogP contribution in [0.1, 0.15) is 54.4 Å². The van der Waals surface area contributed by atoms with Gasteiger partial charge in [-0.15, -0.1) is 0 Å². The predicted molar refractivity (Wildman–Crippen MR) is 101 cm³/mol. The second-order valence-corrected chi connectivity index (χ2v) is 7.55. The Hall–Kier alpha value is -2.21. The van der Waals surface area contributed by atoms with Gasteiger partial charge >= 0.3 is 0 Å². The summed E-state index contributed by atoms with van der Waals surface area (Å²) in [5.74, 6) is 0.902. The Morgan fingerprint density at radius 1 is 1.11 bits per heavy atom. The van der Waals surface area contributed by atoms with Crippen molar-refractivity contribution in [3.8, 4) is 11.6 Å². The molecule has 1 saturated heterocycles. The first-order chi connectivity index (χ1) is 13.0. The van der Waals surface area contributed by atoms with Gasteiger partial charge in [-0.2, -0.15) is 0 Å². The lowest BCUT2D eigenvalue weighted by atomic mass is 9.89. The molecule has 2 atom stereocenters. The molecule has 0 amide bonds. The molecule has 4 heterocycles. The van der Waals surface area contributed by atoms with Crippen LogP contribution >= 0.6 is 0 Å². The molecule has 2 aliphatic rings. The molecular weight excluding hydrogens is 345 g/mol. The standard InChI is InChI=1S/C21H26FN3O2/c1-13-9-17(10-14(2)23-13)16-5-4-6-25(12-16)15(3)20-18(22)11-19-21(24-20)27-8-7-26-19/h9-11,15-16H,4-8,12H2,1-3H3/t15?,16-/m1/s1. The summed E-state index contributed by atoms with van der Waals surface area (Å²) >= 11 is 0. The van der Waals surface area contributed by atoms with E-state index in [1.807, 2.05) is 20.8 Å². The van der Waals surface area contributed by atoms with Crippen LogP contribution < -0.4 is 9.47 Å². The number of hydrogen-bond donors (Lipinski definition) is 0. The number of aromatic nitrogens is 2. The Balaban J connectivity index is 1.56. The van der Waals surface area contributed by atoms with E-state index in [0.717, 1.165) is 37.3 Å². The molecule has 0 saturated carbocycles. The molecule has 0 bridgehead atoms. The number of piperidine rings is 1. The third-order valence-electron chi connectivity index (χ3n) is 5.49. The van der Waals surface area contributed by atoms with E-state index in [2.05, 4.69) is 27.0 Å². The number of rotatable bonds is 3. The van der Waals surface area contributed by atoms with Crippen LogP contribution in [0.25, 0.3) is 0 Å². The Bertz CT molecular complexity index is 822. The maximum Gasteiger partial charge on any atom is 0.257 e. The fraction of sp³-hybridized carbons (Fsp3) is 0.524. The molecule has 0 spiro atoms. The zero-order valence-electron chi connectivity index (χ0n) is 16.2. The third kappa shape index (κ3) is 3.76. The van der Waals surface area contributed by atoms with Crippen LogP contribution in [0.5, 0.6) is 11.6 Å². The van der Waals surface area contributed by atoms with Crippen LogP contribution in [-0.2, 0) is 0 Å². The molecule has 2 aliphatic heterocycles. The van der Waals surface area contributed by atoms with E-state index in [1.165, 1.54) is 11.6 Å². The molecule has 1 fully saturated rings. The van der Waals surface area contributed by atoms with E-state index >= 15 is 0 Å². The summed E-state index contributed by atoms with van der Waals surface area (Å²) in [5.41, 5.74) is 3.86. The van der Waals surface area contributed by atoms with Crippen LogP contribution in [-0.4, -0.2) is 41.2 Å². The normalized spacial score (nSPS) is 21.1. The maximum atomic E-state index is 14.7. The van der Waals surface area contributed by atoms with Crippen molar-refractivity contribution in [3.63, 3.8) is 0 Å². The molecular formula is C21H26FN3O2. The van der Waals surface area contributed by atoms with E-state index in [4.69, 9.17) is 9.47 Å². The van der Waals surface area contributed by atoms with Crippen molar-refractivity contribution in [2.75, 3.05) is 26.3 Å². The monoisotopic (exact) mass is 371 g/mol. The second kappa shape index (κ2) is 7.43. The largest absolute Gasteiger partial charge is 0.484 e. The molecule has 6 heteroatoms. The van der Waals surface area contributed by atoms with Gasteiger partial charge in [0.1, 0.15) is 19.0 Å². The van der Waals surface area contributed by atoms with Crippen molar-refractivity contribution >= 4 is 0 Å². The summed E-state index contributed by atoms with van der Waals surface area (Å²) < 4.78 is 25.7. The smallest absolute Gasteiger partial charge is 0.257 e. The molecule has 5 nitrogen and oxygen atoms in total. The number of likely N-dealkylation sites (tertiary alicyclic amines) is 1. The fourth-order valence-corrected chi connectivity index (χ4v) is 4.16. The van der Waals surface area contributed by atoms with Crippen LogP contribution in [0.15, 0.2) is 18.2 Å². The maximum absolute atomic E-state index is 14.7. The summed E-state index contributed by atoms with van der Waals surface area (Å²) in [5, 5.41) is 0. The fourth-order valence-electron chi connectivity index (χ4n) is 4.16.